The lowest BCUT2D eigenvalue weighted by Gasteiger charge is -2.32. The number of likely N-dealkylation sites (tertiary alicyclic amines) is 1. The minimum absolute atomic E-state index is 0.101. The number of carbonyl (C=O) groups excluding carboxylic acids is 1. The third-order valence-electron chi connectivity index (χ3n) is 4.26. The van der Waals surface area contributed by atoms with Crippen LogP contribution in [0.2, 0.25) is 0 Å². The molecule has 116 valence electrons. The summed E-state index contributed by atoms with van der Waals surface area (Å²) in [5.74, 6) is 0.981. The van der Waals surface area contributed by atoms with Crippen LogP contribution in [0.15, 0.2) is 30.7 Å². The maximum Gasteiger partial charge on any atom is 0.270 e. The molecule has 22 heavy (non-hydrogen) atoms. The molecule has 1 amide bonds. The molecule has 0 bridgehead atoms. The third kappa shape index (κ3) is 2.95. The van der Waals surface area contributed by atoms with Crippen LogP contribution < -0.4 is 5.73 Å². The Morgan fingerprint density at radius 2 is 2.23 bits per heavy atom. The van der Waals surface area contributed by atoms with Crippen molar-refractivity contribution in [2.45, 2.75) is 19.3 Å². The van der Waals surface area contributed by atoms with Gasteiger partial charge in [-0.25, -0.2) is 4.98 Å². The van der Waals surface area contributed by atoms with Crippen LogP contribution in [0.3, 0.4) is 0 Å². The maximum absolute atomic E-state index is 12.6. The van der Waals surface area contributed by atoms with Gasteiger partial charge >= 0.3 is 0 Å². The van der Waals surface area contributed by atoms with Gasteiger partial charge in [0.15, 0.2) is 0 Å². The Balaban J connectivity index is 1.68. The van der Waals surface area contributed by atoms with Gasteiger partial charge in [0.2, 0.25) is 0 Å². The van der Waals surface area contributed by atoms with Crippen molar-refractivity contribution in [3.63, 3.8) is 0 Å². The molecular formula is C16H21N5O. The topological polar surface area (TPSA) is 77.0 Å². The molecule has 1 aliphatic heterocycles. The SMILES string of the molecule is Cn1cccc1C(=O)N1CCC[C@H](Cc2nccnc2N)C1. The maximum atomic E-state index is 12.6. The molecule has 6 heteroatoms. The van der Waals surface area contributed by atoms with Gasteiger partial charge in [-0.05, 0) is 37.3 Å². The number of nitrogens with zero attached hydrogens (tertiary/aromatic N) is 4. The fraction of sp³-hybridized carbons (Fsp3) is 0.438. The van der Waals surface area contributed by atoms with E-state index in [2.05, 4.69) is 9.97 Å². The normalized spacial score (nSPS) is 18.4. The minimum Gasteiger partial charge on any atom is -0.382 e. The fourth-order valence-electron chi connectivity index (χ4n) is 3.07. The number of nitrogen functional groups attached to an aromatic ring is 1. The van der Waals surface area contributed by atoms with Crippen LogP contribution in [0, 0.1) is 5.92 Å². The number of piperidine rings is 1. The second kappa shape index (κ2) is 6.17. The second-order valence-corrected chi connectivity index (χ2v) is 5.86. The van der Waals surface area contributed by atoms with Gasteiger partial charge in [0.05, 0.1) is 5.69 Å². The van der Waals surface area contributed by atoms with Crippen LogP contribution >= 0.6 is 0 Å². The summed E-state index contributed by atoms with van der Waals surface area (Å²) in [6.07, 6.45) is 8.05. The van der Waals surface area contributed by atoms with E-state index in [9.17, 15) is 4.79 Å². The first-order chi connectivity index (χ1) is 10.6. The highest BCUT2D eigenvalue weighted by Gasteiger charge is 2.26. The first-order valence-corrected chi connectivity index (χ1v) is 7.61. The molecule has 2 N–H and O–H groups in total. The van der Waals surface area contributed by atoms with Crippen molar-refractivity contribution in [3.8, 4) is 0 Å². The van der Waals surface area contributed by atoms with Crippen molar-refractivity contribution < 1.29 is 4.79 Å². The fourth-order valence-corrected chi connectivity index (χ4v) is 3.07. The molecule has 0 spiro atoms. The summed E-state index contributed by atoms with van der Waals surface area (Å²) in [5.41, 5.74) is 7.44. The summed E-state index contributed by atoms with van der Waals surface area (Å²) in [6, 6.07) is 3.77. The molecule has 3 rings (SSSR count). The van der Waals surface area contributed by atoms with Crippen molar-refractivity contribution in [1.82, 2.24) is 19.4 Å². The Kier molecular flexibility index (Phi) is 4.09. The monoisotopic (exact) mass is 299 g/mol. The summed E-state index contributed by atoms with van der Waals surface area (Å²) in [5, 5.41) is 0. The lowest BCUT2D eigenvalue weighted by molar-refractivity contribution is 0.0663. The number of aromatic nitrogens is 3. The van der Waals surface area contributed by atoms with Gasteiger partial charge in [0.1, 0.15) is 11.5 Å². The van der Waals surface area contributed by atoms with E-state index >= 15 is 0 Å². The Morgan fingerprint density at radius 1 is 1.41 bits per heavy atom. The van der Waals surface area contributed by atoms with E-state index in [1.165, 1.54) is 0 Å². The van der Waals surface area contributed by atoms with E-state index in [0.717, 1.165) is 43.7 Å². The van der Waals surface area contributed by atoms with Gasteiger partial charge in [-0.1, -0.05) is 0 Å². The zero-order valence-corrected chi connectivity index (χ0v) is 12.8. The second-order valence-electron chi connectivity index (χ2n) is 5.86. The first-order valence-electron chi connectivity index (χ1n) is 7.61. The quantitative estimate of drug-likeness (QED) is 0.931. The van der Waals surface area contributed by atoms with Crippen molar-refractivity contribution in [3.05, 3.63) is 42.1 Å². The summed E-state index contributed by atoms with van der Waals surface area (Å²) < 4.78 is 1.87. The lowest BCUT2D eigenvalue weighted by atomic mass is 9.93. The van der Waals surface area contributed by atoms with Crippen LogP contribution in [0.25, 0.3) is 0 Å². The Bertz CT molecular complexity index is 666. The molecule has 1 aliphatic rings. The van der Waals surface area contributed by atoms with E-state index < -0.39 is 0 Å². The molecule has 2 aromatic heterocycles. The van der Waals surface area contributed by atoms with Gasteiger partial charge in [0.25, 0.3) is 5.91 Å². The highest BCUT2D eigenvalue weighted by Crippen LogP contribution is 2.23. The molecular weight excluding hydrogens is 278 g/mol. The number of anilines is 1. The van der Waals surface area contributed by atoms with Crippen molar-refractivity contribution in [1.29, 1.82) is 0 Å². The summed E-state index contributed by atoms with van der Waals surface area (Å²) in [7, 11) is 1.90. The lowest BCUT2D eigenvalue weighted by Crippen LogP contribution is -2.41. The molecule has 0 radical (unpaired) electrons. The minimum atomic E-state index is 0.101. The standard InChI is InChI=1S/C16H21N5O/c1-20-8-3-5-14(20)16(22)21-9-2-4-12(11-21)10-13-15(17)19-7-6-18-13/h3,5-8,12H,2,4,9-11H2,1H3,(H2,17,19)/t12-/m1/s1. The number of carbonyl (C=O) groups is 1. The van der Waals surface area contributed by atoms with Crippen molar-refractivity contribution >= 4 is 11.7 Å². The molecule has 1 atom stereocenters. The number of rotatable bonds is 3. The van der Waals surface area contributed by atoms with Gasteiger partial charge in [0, 0.05) is 38.7 Å². The Hall–Kier alpha value is -2.37. The van der Waals surface area contributed by atoms with Crippen LogP contribution in [0.5, 0.6) is 0 Å². The van der Waals surface area contributed by atoms with Crippen molar-refractivity contribution in [2.24, 2.45) is 13.0 Å². The van der Waals surface area contributed by atoms with E-state index in [-0.39, 0.29) is 5.91 Å². The summed E-state index contributed by atoms with van der Waals surface area (Å²) in [6.45, 7) is 1.57. The third-order valence-corrected chi connectivity index (χ3v) is 4.26. The van der Waals surface area contributed by atoms with Gasteiger partial charge in [-0.2, -0.15) is 0 Å². The number of aryl methyl sites for hydroxylation is 1. The predicted octanol–water partition coefficient (Wildman–Crippen LogP) is 1.49. The molecule has 6 nitrogen and oxygen atoms in total. The van der Waals surface area contributed by atoms with Crippen LogP contribution in [0.4, 0.5) is 5.82 Å². The molecule has 2 aromatic rings. The number of nitrogens with two attached hydrogens (primary N) is 1. The van der Waals surface area contributed by atoms with E-state index in [1.807, 2.05) is 34.8 Å². The average molecular weight is 299 g/mol. The number of amides is 1. The Labute approximate surface area is 130 Å². The van der Waals surface area contributed by atoms with E-state index in [0.29, 0.717) is 11.7 Å². The summed E-state index contributed by atoms with van der Waals surface area (Å²) >= 11 is 0. The number of hydrogen-bond donors (Lipinski definition) is 1. The zero-order chi connectivity index (χ0) is 15.5. The van der Waals surface area contributed by atoms with Crippen LogP contribution in [-0.2, 0) is 13.5 Å². The number of hydrogen-bond acceptors (Lipinski definition) is 4. The highest BCUT2D eigenvalue weighted by atomic mass is 16.2. The van der Waals surface area contributed by atoms with Gasteiger partial charge in [-0.15, -0.1) is 0 Å². The molecule has 0 aliphatic carbocycles. The smallest absolute Gasteiger partial charge is 0.270 e. The first kappa shape index (κ1) is 14.6. The van der Waals surface area contributed by atoms with Crippen LogP contribution in [0.1, 0.15) is 29.0 Å². The van der Waals surface area contributed by atoms with Gasteiger partial charge in [-0.3, -0.25) is 9.78 Å². The summed E-state index contributed by atoms with van der Waals surface area (Å²) in [4.78, 5) is 22.9. The van der Waals surface area contributed by atoms with Crippen LogP contribution in [-0.4, -0.2) is 38.4 Å². The predicted molar refractivity (Wildman–Crippen MR) is 84.2 cm³/mol. The van der Waals surface area contributed by atoms with Crippen molar-refractivity contribution in [2.75, 3.05) is 18.8 Å². The van der Waals surface area contributed by atoms with E-state index in [1.54, 1.807) is 12.4 Å². The molecule has 0 unspecified atom stereocenters. The molecule has 0 aromatic carbocycles. The van der Waals surface area contributed by atoms with E-state index in [4.69, 9.17) is 5.73 Å². The zero-order valence-electron chi connectivity index (χ0n) is 12.8. The molecule has 3 heterocycles. The molecule has 1 fully saturated rings. The average Bonchev–Trinajstić information content (AvgIpc) is 2.95. The highest BCUT2D eigenvalue weighted by molar-refractivity contribution is 5.92. The largest absolute Gasteiger partial charge is 0.382 e. The Morgan fingerprint density at radius 3 is 2.95 bits per heavy atom. The molecule has 1 saturated heterocycles. The molecule has 0 saturated carbocycles. The van der Waals surface area contributed by atoms with Gasteiger partial charge < -0.3 is 15.2 Å².